The normalized spacial score (nSPS) is 11.3. The Morgan fingerprint density at radius 1 is 0.568 bits per heavy atom. The summed E-state index contributed by atoms with van der Waals surface area (Å²) < 4.78 is 1.14. The van der Waals surface area contributed by atoms with Crippen LogP contribution in [0.1, 0.15) is 132 Å². The highest BCUT2D eigenvalue weighted by Crippen LogP contribution is 2.19. The summed E-state index contributed by atoms with van der Waals surface area (Å²) in [5, 5.41) is 0. The van der Waals surface area contributed by atoms with Crippen LogP contribution in [-0.4, -0.2) is 29.9 Å². The van der Waals surface area contributed by atoms with Gasteiger partial charge in [0.25, 0.3) is 0 Å². The van der Waals surface area contributed by atoms with Gasteiger partial charge in [0.05, 0.1) is 19.6 Å². The fourth-order valence-electron chi connectivity index (χ4n) is 5.39. The van der Waals surface area contributed by atoms with Crippen molar-refractivity contribution < 1.29 is 26.3 Å². The minimum Gasteiger partial charge on any atom is -1.00 e. The van der Waals surface area contributed by atoms with Crippen LogP contribution in [-0.2, 0) is 6.54 Å². The van der Waals surface area contributed by atoms with Gasteiger partial charge in [0, 0.05) is 16.7 Å². The number of hydrogen-bond acceptors (Lipinski definition) is 1. The van der Waals surface area contributed by atoms with Gasteiger partial charge in [-0.25, -0.2) is 0 Å². The van der Waals surface area contributed by atoms with E-state index >= 15 is 0 Å². The molecule has 2 rings (SSSR count). The molecule has 2 aromatic carbocycles. The van der Waals surface area contributed by atoms with Crippen molar-refractivity contribution in [2.45, 2.75) is 117 Å². The summed E-state index contributed by atoms with van der Waals surface area (Å²) in [4.78, 5) is 12.7. The maximum atomic E-state index is 12.7. The van der Waals surface area contributed by atoms with Gasteiger partial charge in [-0.15, -0.1) is 0 Å². The van der Waals surface area contributed by atoms with Crippen molar-refractivity contribution in [2.24, 2.45) is 0 Å². The van der Waals surface area contributed by atoms with E-state index in [0.29, 0.717) is 0 Å². The van der Waals surface area contributed by atoms with Crippen LogP contribution in [0.15, 0.2) is 54.6 Å². The Hall–Kier alpha value is -1.45. The molecule has 0 aromatic heterocycles. The molecule has 0 aliphatic carbocycles. The van der Waals surface area contributed by atoms with Crippen LogP contribution in [0, 0.1) is 0 Å². The van der Waals surface area contributed by atoms with Gasteiger partial charge in [-0.3, -0.25) is 4.79 Å². The van der Waals surface area contributed by atoms with E-state index in [-0.39, 0.29) is 22.8 Å². The predicted octanol–water partition coefficient (Wildman–Crippen LogP) is 6.76. The van der Waals surface area contributed by atoms with E-state index < -0.39 is 0 Å². The minimum atomic E-state index is 0. The first-order valence-corrected chi connectivity index (χ1v) is 15.2. The first-order chi connectivity index (χ1) is 17.6. The molecule has 0 saturated carbocycles. The summed E-state index contributed by atoms with van der Waals surface area (Å²) in [5.74, 6) is 0.108. The highest BCUT2D eigenvalue weighted by Gasteiger charge is 2.23. The van der Waals surface area contributed by atoms with Crippen LogP contribution in [0.2, 0.25) is 0 Å². The molecule has 3 heteroatoms. The van der Waals surface area contributed by atoms with Crippen molar-refractivity contribution in [3.05, 3.63) is 71.3 Å². The summed E-state index contributed by atoms with van der Waals surface area (Å²) in [6.45, 7) is 11.6. The third kappa shape index (κ3) is 13.3. The number of hydrogen-bond donors (Lipinski definition) is 0. The number of nitrogens with zero attached hydrogens (tertiary/aromatic N) is 1. The van der Waals surface area contributed by atoms with Crippen LogP contribution >= 0.6 is 0 Å². The molecule has 0 saturated heterocycles. The molecule has 37 heavy (non-hydrogen) atoms. The van der Waals surface area contributed by atoms with Gasteiger partial charge in [0.2, 0.25) is 0 Å². The molecule has 2 aromatic rings. The van der Waals surface area contributed by atoms with E-state index in [0.717, 1.165) is 22.2 Å². The molecule has 208 valence electrons. The van der Waals surface area contributed by atoms with Gasteiger partial charge in [-0.2, -0.15) is 0 Å². The first kappa shape index (κ1) is 33.6. The summed E-state index contributed by atoms with van der Waals surface area (Å²) in [7, 11) is 0. The molecule has 0 fully saturated rings. The fourth-order valence-corrected chi connectivity index (χ4v) is 5.39. The molecule has 0 atom stereocenters. The number of quaternary nitrogens is 1. The molecule has 2 nitrogen and oxygen atoms in total. The molecule has 0 spiro atoms. The summed E-state index contributed by atoms with van der Waals surface area (Å²) in [6.07, 6.45) is 19.8. The molecule has 0 radical (unpaired) electrons. The Kier molecular flexibility index (Phi) is 18.6. The lowest BCUT2D eigenvalue weighted by molar-refractivity contribution is -0.938. The maximum absolute atomic E-state index is 12.7. The Morgan fingerprint density at radius 2 is 1.00 bits per heavy atom. The predicted molar refractivity (Wildman–Crippen MR) is 157 cm³/mol. The van der Waals surface area contributed by atoms with Gasteiger partial charge >= 0.3 is 0 Å². The van der Waals surface area contributed by atoms with Crippen molar-refractivity contribution in [3.8, 4) is 0 Å². The average Bonchev–Trinajstić information content (AvgIpc) is 2.93. The van der Waals surface area contributed by atoms with Gasteiger partial charge < -0.3 is 21.5 Å². The van der Waals surface area contributed by atoms with Crippen LogP contribution in [0.25, 0.3) is 0 Å². The Labute approximate surface area is 239 Å². The molecule has 0 unspecified atom stereocenters. The highest BCUT2D eigenvalue weighted by atomic mass is 79.9. The second-order valence-corrected chi connectivity index (χ2v) is 10.8. The summed E-state index contributed by atoms with van der Waals surface area (Å²) >= 11 is 0. The largest absolute Gasteiger partial charge is 1.00 e. The third-order valence-corrected chi connectivity index (χ3v) is 8.10. The average molecular weight is 573 g/mol. The summed E-state index contributed by atoms with van der Waals surface area (Å²) in [5.41, 5.74) is 2.88. The number of halogens is 1. The topological polar surface area (TPSA) is 17.1 Å². The lowest BCUT2D eigenvalue weighted by atomic mass is 10.0. The lowest BCUT2D eigenvalue weighted by Gasteiger charge is -2.37. The number of benzene rings is 2. The Bertz CT molecular complexity index is 813. The first-order valence-electron chi connectivity index (χ1n) is 15.2. The van der Waals surface area contributed by atoms with E-state index in [9.17, 15) is 4.79 Å². The van der Waals surface area contributed by atoms with Crippen LogP contribution in [0.3, 0.4) is 0 Å². The van der Waals surface area contributed by atoms with Crippen molar-refractivity contribution in [1.82, 2.24) is 0 Å². The van der Waals surface area contributed by atoms with Crippen molar-refractivity contribution in [2.75, 3.05) is 19.6 Å². The van der Waals surface area contributed by atoms with Crippen molar-refractivity contribution in [1.29, 1.82) is 0 Å². The zero-order valence-electron chi connectivity index (χ0n) is 24.2. The number of rotatable bonds is 21. The fraction of sp³-hybridized carbons (Fsp3) is 0.618. The van der Waals surface area contributed by atoms with E-state index in [1.807, 2.05) is 42.5 Å². The van der Waals surface area contributed by atoms with E-state index in [2.05, 4.69) is 32.9 Å². The second kappa shape index (κ2) is 20.5. The van der Waals surface area contributed by atoms with Crippen molar-refractivity contribution >= 4 is 5.78 Å². The molecule has 0 heterocycles. The summed E-state index contributed by atoms with van der Waals surface area (Å²) in [6, 6.07) is 17.9. The van der Waals surface area contributed by atoms with E-state index in [1.54, 1.807) is 0 Å². The minimum absolute atomic E-state index is 0. The van der Waals surface area contributed by atoms with Gasteiger partial charge in [-0.1, -0.05) is 139 Å². The second-order valence-electron chi connectivity index (χ2n) is 10.8. The Morgan fingerprint density at radius 3 is 1.46 bits per heavy atom. The number of carbonyl (C=O) groups excluding carboxylic acids is 1. The molecule has 0 amide bonds. The molecule has 0 bridgehead atoms. The Balaban J connectivity index is 0.00000684. The molecular formula is C34H54BrNO. The standard InChI is InChI=1S/C34H54NO.BrH/c1-4-7-8-9-10-11-12-13-14-15-16-17-18-22-29-35(5-2,6-3)30-31-25-27-33(28-26-31)34(36)32-23-20-19-21-24-32;/h19-21,23-28H,4-18,22,29-30H2,1-3H3;1H/q+1;/p-1. The molecule has 0 aliphatic rings. The molecular weight excluding hydrogens is 518 g/mol. The lowest BCUT2D eigenvalue weighted by Crippen LogP contribution is -3.00. The quantitative estimate of drug-likeness (QED) is 0.0918. The third-order valence-electron chi connectivity index (χ3n) is 8.10. The zero-order chi connectivity index (χ0) is 25.9. The van der Waals surface area contributed by atoms with E-state index in [1.165, 1.54) is 115 Å². The van der Waals surface area contributed by atoms with Crippen molar-refractivity contribution in [3.63, 3.8) is 0 Å². The number of ketones is 1. The van der Waals surface area contributed by atoms with Gasteiger partial charge in [-0.05, 0) is 26.7 Å². The zero-order valence-corrected chi connectivity index (χ0v) is 25.7. The molecule has 0 N–H and O–H groups in total. The van der Waals surface area contributed by atoms with E-state index in [4.69, 9.17) is 0 Å². The maximum Gasteiger partial charge on any atom is 0.193 e. The monoisotopic (exact) mass is 571 g/mol. The number of carbonyl (C=O) groups is 1. The van der Waals surface area contributed by atoms with Crippen LogP contribution < -0.4 is 17.0 Å². The van der Waals surface area contributed by atoms with Gasteiger partial charge in [0.1, 0.15) is 6.54 Å². The SMILES string of the molecule is CCCCCCCCCCCCCCCC[N+](CC)(CC)Cc1ccc(C(=O)c2ccccc2)cc1.[Br-]. The van der Waals surface area contributed by atoms with Crippen LogP contribution in [0.5, 0.6) is 0 Å². The van der Waals surface area contributed by atoms with Gasteiger partial charge in [0.15, 0.2) is 5.78 Å². The molecule has 0 aliphatic heterocycles. The number of unbranched alkanes of at least 4 members (excludes halogenated alkanes) is 13. The van der Waals surface area contributed by atoms with Crippen LogP contribution in [0.4, 0.5) is 0 Å². The smallest absolute Gasteiger partial charge is 0.193 e. The highest BCUT2D eigenvalue weighted by molar-refractivity contribution is 6.08.